The quantitative estimate of drug-likeness (QED) is 0.891. The maximum Gasteiger partial charge on any atom is 0.242 e. The van der Waals surface area contributed by atoms with Crippen molar-refractivity contribution in [2.24, 2.45) is 0 Å². The predicted molar refractivity (Wildman–Crippen MR) is 82.7 cm³/mol. The summed E-state index contributed by atoms with van der Waals surface area (Å²) in [5.74, 6) is 0. The van der Waals surface area contributed by atoms with E-state index < -0.39 is 10.0 Å². The highest BCUT2D eigenvalue weighted by atomic mass is 32.2. The number of hydrogen-bond acceptors (Lipinski definition) is 3. The van der Waals surface area contributed by atoms with E-state index in [9.17, 15) is 8.42 Å². The zero-order valence-corrected chi connectivity index (χ0v) is 12.9. The van der Waals surface area contributed by atoms with Crippen molar-refractivity contribution in [2.75, 3.05) is 5.43 Å². The topological polar surface area (TPSA) is 63.1 Å². The molecule has 0 amide bonds. The van der Waals surface area contributed by atoms with E-state index in [1.54, 1.807) is 18.2 Å². The number of hydrogen-bond donors (Lipinski definition) is 2. The molecule has 0 radical (unpaired) electrons. The summed E-state index contributed by atoms with van der Waals surface area (Å²) in [4.78, 5) is 0.282. The Kier molecular flexibility index (Phi) is 3.51. The lowest BCUT2D eigenvalue weighted by atomic mass is 10.3. The third-order valence-electron chi connectivity index (χ3n) is 3.58. The number of nitrogens with zero attached hydrogens (tertiary/aromatic N) is 1. The van der Waals surface area contributed by atoms with Crippen molar-refractivity contribution >= 4 is 15.7 Å². The van der Waals surface area contributed by atoms with Gasteiger partial charge in [-0.15, -0.1) is 0 Å². The van der Waals surface area contributed by atoms with E-state index in [1.165, 1.54) is 0 Å². The summed E-state index contributed by atoms with van der Waals surface area (Å²) in [7, 11) is -3.48. The third kappa shape index (κ3) is 2.96. The molecule has 0 aliphatic heterocycles. The zero-order chi connectivity index (χ0) is 15.0. The fourth-order valence-corrected chi connectivity index (χ4v) is 3.71. The van der Waals surface area contributed by atoms with Crippen molar-refractivity contribution in [2.45, 2.75) is 37.6 Å². The van der Waals surface area contributed by atoms with Crippen molar-refractivity contribution < 1.29 is 8.42 Å². The molecule has 1 saturated carbocycles. The Morgan fingerprint density at radius 2 is 1.67 bits per heavy atom. The third-order valence-corrected chi connectivity index (χ3v) is 5.16. The van der Waals surface area contributed by atoms with Crippen molar-refractivity contribution in [3.63, 3.8) is 0 Å². The van der Waals surface area contributed by atoms with Crippen LogP contribution in [0.3, 0.4) is 0 Å². The molecule has 5 nitrogen and oxygen atoms in total. The van der Waals surface area contributed by atoms with Crippen molar-refractivity contribution in [3.8, 4) is 0 Å². The first-order valence-corrected chi connectivity index (χ1v) is 8.49. The summed E-state index contributed by atoms with van der Waals surface area (Å²) in [6.07, 6.45) is 1.84. The molecule has 1 fully saturated rings. The van der Waals surface area contributed by atoms with Gasteiger partial charge < -0.3 is 0 Å². The van der Waals surface area contributed by atoms with Crippen LogP contribution in [0.4, 0.5) is 5.69 Å². The second-order valence-electron chi connectivity index (χ2n) is 5.46. The van der Waals surface area contributed by atoms with E-state index >= 15 is 0 Å². The Bertz CT molecular complexity index is 741. The first-order chi connectivity index (χ1) is 9.97. The molecule has 1 aliphatic rings. The van der Waals surface area contributed by atoms with Crippen LogP contribution in [0.15, 0.2) is 41.3 Å². The molecule has 0 unspecified atom stereocenters. The first kappa shape index (κ1) is 14.2. The molecule has 1 aromatic carbocycles. The number of nitrogens with one attached hydrogen (secondary N) is 2. The average molecular weight is 305 g/mol. The first-order valence-electron chi connectivity index (χ1n) is 7.01. The molecule has 3 rings (SSSR count). The molecule has 6 heteroatoms. The van der Waals surface area contributed by atoms with Gasteiger partial charge in [-0.05, 0) is 51.0 Å². The Balaban J connectivity index is 1.96. The van der Waals surface area contributed by atoms with Gasteiger partial charge in [0.2, 0.25) is 10.0 Å². The smallest absolute Gasteiger partial charge is 0.242 e. The van der Waals surface area contributed by atoms with Crippen molar-refractivity contribution in [3.05, 3.63) is 47.8 Å². The standard InChI is InChI=1S/C15H19N3O2S/c1-11-7-8-12(2)18(11)16-14-5-3-4-6-15(14)21(19,20)17-13-9-10-13/h3-8,13,16-17H,9-10H2,1-2H3. The number of sulfonamides is 1. The van der Waals surface area contributed by atoms with Crippen LogP contribution in [0.2, 0.25) is 0 Å². The summed E-state index contributed by atoms with van der Waals surface area (Å²) in [6, 6.07) is 11.0. The number of rotatable bonds is 5. The largest absolute Gasteiger partial charge is 0.293 e. The van der Waals surface area contributed by atoms with Gasteiger partial charge in [0.15, 0.2) is 0 Å². The van der Waals surface area contributed by atoms with E-state index in [0.29, 0.717) is 5.69 Å². The van der Waals surface area contributed by atoms with Gasteiger partial charge in [-0.3, -0.25) is 10.1 Å². The molecule has 2 aromatic rings. The highest BCUT2D eigenvalue weighted by Gasteiger charge is 2.29. The molecule has 0 bridgehead atoms. The summed E-state index contributed by atoms with van der Waals surface area (Å²) >= 11 is 0. The summed E-state index contributed by atoms with van der Waals surface area (Å²) < 4.78 is 29.5. The Labute approximate surface area is 125 Å². The fourth-order valence-electron chi connectivity index (χ4n) is 2.24. The Hall–Kier alpha value is -1.79. The van der Waals surface area contributed by atoms with E-state index in [2.05, 4.69) is 10.1 Å². The minimum atomic E-state index is -3.48. The van der Waals surface area contributed by atoms with E-state index in [4.69, 9.17) is 0 Å². The number of benzene rings is 1. The highest BCUT2D eigenvalue weighted by molar-refractivity contribution is 7.89. The molecule has 21 heavy (non-hydrogen) atoms. The van der Waals surface area contributed by atoms with Crippen LogP contribution < -0.4 is 10.1 Å². The normalized spacial score (nSPS) is 15.1. The molecule has 0 spiro atoms. The van der Waals surface area contributed by atoms with Gasteiger partial charge in [0.25, 0.3) is 0 Å². The van der Waals surface area contributed by atoms with Crippen LogP contribution in [0.1, 0.15) is 24.2 Å². The second-order valence-corrected chi connectivity index (χ2v) is 7.14. The molecule has 112 valence electrons. The SMILES string of the molecule is Cc1ccc(C)n1Nc1ccccc1S(=O)(=O)NC1CC1. The highest BCUT2D eigenvalue weighted by Crippen LogP contribution is 2.26. The maximum atomic E-state index is 12.4. The maximum absolute atomic E-state index is 12.4. The second kappa shape index (κ2) is 5.20. The van der Waals surface area contributed by atoms with Crippen LogP contribution >= 0.6 is 0 Å². The molecular formula is C15H19N3O2S. The lowest BCUT2D eigenvalue weighted by molar-refractivity contribution is 0.581. The van der Waals surface area contributed by atoms with Crippen LogP contribution in [-0.2, 0) is 10.0 Å². The van der Waals surface area contributed by atoms with Gasteiger partial charge in [-0.2, -0.15) is 0 Å². The Morgan fingerprint density at radius 1 is 1.05 bits per heavy atom. The minimum Gasteiger partial charge on any atom is -0.293 e. The van der Waals surface area contributed by atoms with E-state index in [1.807, 2.05) is 36.7 Å². The van der Waals surface area contributed by atoms with Crippen LogP contribution in [-0.4, -0.2) is 19.1 Å². The number of aromatic nitrogens is 1. The van der Waals surface area contributed by atoms with Gasteiger partial charge in [-0.1, -0.05) is 12.1 Å². The monoisotopic (exact) mass is 305 g/mol. The van der Waals surface area contributed by atoms with Gasteiger partial charge in [0.1, 0.15) is 4.90 Å². The Morgan fingerprint density at radius 3 is 2.29 bits per heavy atom. The molecular weight excluding hydrogens is 286 g/mol. The fraction of sp³-hybridized carbons (Fsp3) is 0.333. The van der Waals surface area contributed by atoms with Crippen molar-refractivity contribution in [1.29, 1.82) is 0 Å². The predicted octanol–water partition coefficient (Wildman–Crippen LogP) is 2.42. The lowest BCUT2D eigenvalue weighted by Crippen LogP contribution is -2.27. The van der Waals surface area contributed by atoms with Crippen molar-refractivity contribution in [1.82, 2.24) is 9.40 Å². The lowest BCUT2D eigenvalue weighted by Gasteiger charge is -2.16. The van der Waals surface area contributed by atoms with Gasteiger partial charge >= 0.3 is 0 Å². The molecule has 1 aromatic heterocycles. The van der Waals surface area contributed by atoms with Gasteiger partial charge in [-0.25, -0.2) is 13.1 Å². The summed E-state index contributed by atoms with van der Waals surface area (Å²) in [5.41, 5.74) is 5.81. The molecule has 0 atom stereocenters. The summed E-state index contributed by atoms with van der Waals surface area (Å²) in [6.45, 7) is 3.94. The number of anilines is 1. The van der Waals surface area contributed by atoms with Gasteiger partial charge in [0, 0.05) is 17.4 Å². The van der Waals surface area contributed by atoms with Crippen LogP contribution in [0.5, 0.6) is 0 Å². The van der Waals surface area contributed by atoms with E-state index in [-0.39, 0.29) is 10.9 Å². The number of para-hydroxylation sites is 1. The van der Waals surface area contributed by atoms with Crippen LogP contribution in [0, 0.1) is 13.8 Å². The molecule has 0 saturated heterocycles. The molecule has 2 N–H and O–H groups in total. The molecule has 1 aliphatic carbocycles. The van der Waals surface area contributed by atoms with Crippen LogP contribution in [0.25, 0.3) is 0 Å². The van der Waals surface area contributed by atoms with E-state index in [0.717, 1.165) is 24.2 Å². The average Bonchev–Trinajstić information content (AvgIpc) is 3.19. The minimum absolute atomic E-state index is 0.0955. The summed E-state index contributed by atoms with van der Waals surface area (Å²) in [5, 5.41) is 0. The molecule has 1 heterocycles. The number of aryl methyl sites for hydroxylation is 2. The van der Waals surface area contributed by atoms with Gasteiger partial charge in [0.05, 0.1) is 5.69 Å². The zero-order valence-electron chi connectivity index (χ0n) is 12.1.